The van der Waals surface area contributed by atoms with E-state index in [0.29, 0.717) is 49.9 Å². The van der Waals surface area contributed by atoms with Crippen LogP contribution in [0.5, 0.6) is 0 Å². The number of para-hydroxylation sites is 1. The number of piperazine rings is 1. The molecule has 0 radical (unpaired) electrons. The minimum Gasteiger partial charge on any atom is -0.365 e. The molecule has 3 atom stereocenters. The standard InChI is InChI=1S/C31H42ClFN4O4/c1-20(2)26(34-25(38)14-15-35(5)6)23-8-7-9-24(33)27(23)36-16-18-37(19-17-36)30(39)29-28(40-31(3,4)41-29)21-10-12-22(32)13-11-21/h7-13,20,26,28-29H,14-19H2,1-6H3,(H,34,38)/t26-,28+,29-/m0/s1. The fourth-order valence-electron chi connectivity index (χ4n) is 5.46. The summed E-state index contributed by atoms with van der Waals surface area (Å²) in [7, 11) is 3.85. The minimum atomic E-state index is -0.919. The number of anilines is 1. The second-order valence-corrected chi connectivity index (χ2v) is 12.3. The van der Waals surface area contributed by atoms with E-state index in [0.717, 1.165) is 11.1 Å². The maximum Gasteiger partial charge on any atom is 0.255 e. The van der Waals surface area contributed by atoms with Crippen molar-refractivity contribution in [3.05, 3.63) is 64.4 Å². The van der Waals surface area contributed by atoms with Crippen LogP contribution in [0, 0.1) is 11.7 Å². The van der Waals surface area contributed by atoms with Crippen LogP contribution in [0.3, 0.4) is 0 Å². The van der Waals surface area contributed by atoms with Crippen molar-refractivity contribution in [2.45, 2.75) is 58.2 Å². The van der Waals surface area contributed by atoms with Crippen LogP contribution in [-0.2, 0) is 19.1 Å². The van der Waals surface area contributed by atoms with E-state index in [1.807, 2.05) is 55.9 Å². The van der Waals surface area contributed by atoms with Crippen LogP contribution in [0.4, 0.5) is 10.1 Å². The Bertz CT molecular complexity index is 1220. The number of hydrogen-bond donors (Lipinski definition) is 1. The van der Waals surface area contributed by atoms with Crippen LogP contribution >= 0.6 is 11.6 Å². The third kappa shape index (κ3) is 7.57. The molecule has 224 valence electrons. The number of halogens is 2. The quantitative estimate of drug-likeness (QED) is 0.454. The van der Waals surface area contributed by atoms with Gasteiger partial charge in [0.05, 0.1) is 11.7 Å². The molecule has 0 saturated carbocycles. The van der Waals surface area contributed by atoms with Crippen molar-refractivity contribution in [2.24, 2.45) is 5.92 Å². The summed E-state index contributed by atoms with van der Waals surface area (Å²) in [5.74, 6) is -1.43. The average Bonchev–Trinajstić information content (AvgIpc) is 3.25. The molecule has 0 aliphatic carbocycles. The lowest BCUT2D eigenvalue weighted by Gasteiger charge is -2.39. The van der Waals surface area contributed by atoms with Gasteiger partial charge in [0.2, 0.25) is 5.91 Å². The van der Waals surface area contributed by atoms with E-state index in [-0.39, 0.29) is 29.6 Å². The molecule has 0 aromatic heterocycles. The topological polar surface area (TPSA) is 74.4 Å². The van der Waals surface area contributed by atoms with Crippen molar-refractivity contribution in [3.63, 3.8) is 0 Å². The molecule has 2 amide bonds. The van der Waals surface area contributed by atoms with E-state index in [1.54, 1.807) is 36.9 Å². The largest absolute Gasteiger partial charge is 0.365 e. The van der Waals surface area contributed by atoms with E-state index in [2.05, 4.69) is 5.32 Å². The maximum absolute atomic E-state index is 15.4. The van der Waals surface area contributed by atoms with E-state index in [9.17, 15) is 9.59 Å². The summed E-state index contributed by atoms with van der Waals surface area (Å²) in [6, 6.07) is 11.9. The smallest absolute Gasteiger partial charge is 0.255 e. The van der Waals surface area contributed by atoms with Gasteiger partial charge in [0.15, 0.2) is 11.9 Å². The highest BCUT2D eigenvalue weighted by atomic mass is 35.5. The lowest BCUT2D eigenvalue weighted by molar-refractivity contribution is -0.161. The van der Waals surface area contributed by atoms with E-state index < -0.39 is 18.0 Å². The van der Waals surface area contributed by atoms with E-state index in [1.165, 1.54) is 6.07 Å². The highest BCUT2D eigenvalue weighted by Crippen LogP contribution is 2.40. The van der Waals surface area contributed by atoms with Crippen molar-refractivity contribution in [3.8, 4) is 0 Å². The highest BCUT2D eigenvalue weighted by Gasteiger charge is 2.47. The van der Waals surface area contributed by atoms with Gasteiger partial charge in [-0.2, -0.15) is 0 Å². The van der Waals surface area contributed by atoms with Crippen LogP contribution < -0.4 is 10.2 Å². The Kier molecular flexibility index (Phi) is 9.95. The molecule has 41 heavy (non-hydrogen) atoms. The first-order chi connectivity index (χ1) is 19.4. The van der Waals surface area contributed by atoms with Gasteiger partial charge >= 0.3 is 0 Å². The normalized spacial score (nSPS) is 21.4. The second kappa shape index (κ2) is 13.1. The van der Waals surface area contributed by atoms with Gasteiger partial charge < -0.3 is 29.5 Å². The first kappa shape index (κ1) is 31.2. The Morgan fingerprint density at radius 2 is 1.73 bits per heavy atom. The zero-order valence-electron chi connectivity index (χ0n) is 24.8. The summed E-state index contributed by atoms with van der Waals surface area (Å²) in [6.07, 6.45) is -0.999. The van der Waals surface area contributed by atoms with Crippen molar-refractivity contribution in [1.29, 1.82) is 0 Å². The SMILES string of the molecule is CC(C)[C@H](NC(=O)CCN(C)C)c1cccc(F)c1N1CCN(C(=O)[C@H]2OC(C)(C)O[C@@H]2c2ccc(Cl)cc2)CC1. The van der Waals surface area contributed by atoms with Gasteiger partial charge in [-0.05, 0) is 57.6 Å². The van der Waals surface area contributed by atoms with Gasteiger partial charge in [-0.15, -0.1) is 0 Å². The fourth-order valence-corrected chi connectivity index (χ4v) is 5.59. The lowest BCUT2D eigenvalue weighted by Crippen LogP contribution is -2.53. The summed E-state index contributed by atoms with van der Waals surface area (Å²) in [5, 5.41) is 3.73. The van der Waals surface area contributed by atoms with Crippen LogP contribution in [0.2, 0.25) is 5.02 Å². The molecule has 2 saturated heterocycles. The number of nitrogens with one attached hydrogen (secondary N) is 1. The van der Waals surface area contributed by atoms with Crippen LogP contribution in [0.15, 0.2) is 42.5 Å². The molecule has 10 heteroatoms. The Labute approximate surface area is 247 Å². The van der Waals surface area contributed by atoms with Crippen LogP contribution in [-0.4, -0.2) is 80.3 Å². The fraction of sp³-hybridized carbons (Fsp3) is 0.548. The van der Waals surface area contributed by atoms with Crippen molar-refractivity contribution >= 4 is 29.1 Å². The van der Waals surface area contributed by atoms with Gasteiger partial charge in [0.1, 0.15) is 11.9 Å². The monoisotopic (exact) mass is 588 g/mol. The van der Waals surface area contributed by atoms with Crippen LogP contribution in [0.1, 0.15) is 57.4 Å². The van der Waals surface area contributed by atoms with Crippen molar-refractivity contribution in [2.75, 3.05) is 51.7 Å². The molecule has 2 aromatic rings. The predicted molar refractivity (Wildman–Crippen MR) is 158 cm³/mol. The third-order valence-electron chi connectivity index (χ3n) is 7.57. The molecule has 2 heterocycles. The molecule has 1 N–H and O–H groups in total. The summed E-state index contributed by atoms with van der Waals surface area (Å²) < 4.78 is 27.6. The molecule has 0 spiro atoms. The Morgan fingerprint density at radius 3 is 2.34 bits per heavy atom. The average molecular weight is 589 g/mol. The number of nitrogens with zero attached hydrogens (tertiary/aromatic N) is 3. The maximum atomic E-state index is 15.4. The summed E-state index contributed by atoms with van der Waals surface area (Å²) in [4.78, 5) is 32.1. The number of rotatable bonds is 9. The number of carbonyl (C=O) groups is 2. The van der Waals surface area contributed by atoms with Crippen LogP contribution in [0.25, 0.3) is 0 Å². The minimum absolute atomic E-state index is 0.0504. The number of ether oxygens (including phenoxy) is 2. The molecule has 8 nitrogen and oxygen atoms in total. The molecule has 0 bridgehead atoms. The van der Waals surface area contributed by atoms with E-state index >= 15 is 4.39 Å². The highest BCUT2D eigenvalue weighted by molar-refractivity contribution is 6.30. The van der Waals surface area contributed by atoms with Gasteiger partial charge in [-0.25, -0.2) is 4.39 Å². The van der Waals surface area contributed by atoms with Gasteiger partial charge in [-0.1, -0.05) is 49.7 Å². The Hall–Kier alpha value is -2.72. The molecular weight excluding hydrogens is 547 g/mol. The molecule has 0 unspecified atom stereocenters. The zero-order valence-corrected chi connectivity index (χ0v) is 25.6. The zero-order chi connectivity index (χ0) is 29.9. The van der Waals surface area contributed by atoms with Gasteiger partial charge in [-0.3, -0.25) is 9.59 Å². The van der Waals surface area contributed by atoms with Crippen molar-refractivity contribution < 1.29 is 23.5 Å². The summed E-state index contributed by atoms with van der Waals surface area (Å²) in [5.41, 5.74) is 2.04. The molecule has 2 aromatic carbocycles. The predicted octanol–water partition coefficient (Wildman–Crippen LogP) is 4.79. The third-order valence-corrected chi connectivity index (χ3v) is 7.82. The number of carbonyl (C=O) groups excluding carboxylic acids is 2. The Balaban J connectivity index is 1.49. The first-order valence-corrected chi connectivity index (χ1v) is 14.6. The molecule has 2 aliphatic rings. The second-order valence-electron chi connectivity index (χ2n) is 11.9. The number of hydrogen-bond acceptors (Lipinski definition) is 6. The number of benzene rings is 2. The van der Waals surface area contributed by atoms with Gasteiger partial charge in [0, 0.05) is 49.7 Å². The molecular formula is C31H42ClFN4O4. The molecule has 4 rings (SSSR count). The summed E-state index contributed by atoms with van der Waals surface area (Å²) in [6.45, 7) is 9.97. The van der Waals surface area contributed by atoms with E-state index in [4.69, 9.17) is 21.1 Å². The Morgan fingerprint density at radius 1 is 1.07 bits per heavy atom. The molecule has 2 fully saturated rings. The summed E-state index contributed by atoms with van der Waals surface area (Å²) >= 11 is 6.07. The van der Waals surface area contributed by atoms with Crippen molar-refractivity contribution in [1.82, 2.24) is 15.1 Å². The van der Waals surface area contributed by atoms with Gasteiger partial charge in [0.25, 0.3) is 5.91 Å². The lowest BCUT2D eigenvalue weighted by atomic mass is 9.93. The first-order valence-electron chi connectivity index (χ1n) is 14.2. The molecule has 2 aliphatic heterocycles. The number of amides is 2.